The number of amides is 3. The molecule has 2 atom stereocenters. The van der Waals surface area contributed by atoms with Gasteiger partial charge >= 0.3 is 6.03 Å². The molecule has 3 amide bonds. The number of aliphatic hydroxyl groups excluding tert-OH is 1. The van der Waals surface area contributed by atoms with Crippen LogP contribution in [0.3, 0.4) is 0 Å². The highest BCUT2D eigenvalue weighted by Gasteiger charge is 2.25. The normalized spacial score (nSPS) is 23.3. The molecule has 0 saturated carbocycles. The fraction of sp³-hybridized carbons (Fsp3) is 0.467. The fourth-order valence-electron chi connectivity index (χ4n) is 2.76. The van der Waals surface area contributed by atoms with Gasteiger partial charge in [-0.3, -0.25) is 9.69 Å². The Kier molecular flexibility index (Phi) is 5.81. The van der Waals surface area contributed by atoms with Crippen LogP contribution in [-0.4, -0.2) is 55.9 Å². The average Bonchev–Trinajstić information content (AvgIpc) is 3.13. The minimum Gasteiger partial charge on any atom is -0.391 e. The monoisotopic (exact) mass is 340 g/mol. The number of nitrogens with one attached hydrogen (secondary N) is 3. The Morgan fingerprint density at radius 1 is 1.30 bits per heavy atom. The predicted octanol–water partition coefficient (Wildman–Crippen LogP) is -0.0519. The summed E-state index contributed by atoms with van der Waals surface area (Å²) >= 11 is 0. The van der Waals surface area contributed by atoms with Gasteiger partial charge in [0, 0.05) is 49.9 Å². The van der Waals surface area contributed by atoms with Crippen molar-refractivity contribution in [3.63, 3.8) is 0 Å². The second-order valence-electron chi connectivity index (χ2n) is 5.63. The van der Waals surface area contributed by atoms with Gasteiger partial charge in [-0.25, -0.2) is 4.79 Å². The molecule has 2 saturated heterocycles. The molecule has 2 heterocycles. The van der Waals surface area contributed by atoms with Gasteiger partial charge in [0.25, 0.3) is 5.91 Å². The van der Waals surface area contributed by atoms with Gasteiger partial charge in [0.15, 0.2) is 0 Å². The second-order valence-corrected chi connectivity index (χ2v) is 5.63. The SMILES string of the molecule is Cl.O=C(NCC1CNCC1O)c1ccc(N2CCNC2=O)cc1. The fourth-order valence-corrected chi connectivity index (χ4v) is 2.76. The van der Waals surface area contributed by atoms with Gasteiger partial charge < -0.3 is 21.1 Å². The van der Waals surface area contributed by atoms with Crippen molar-refractivity contribution in [2.75, 3.05) is 37.6 Å². The molecule has 23 heavy (non-hydrogen) atoms. The molecule has 0 bridgehead atoms. The molecule has 0 aliphatic carbocycles. The smallest absolute Gasteiger partial charge is 0.321 e. The molecule has 0 radical (unpaired) electrons. The lowest BCUT2D eigenvalue weighted by Gasteiger charge is -2.16. The van der Waals surface area contributed by atoms with Crippen LogP contribution in [0.2, 0.25) is 0 Å². The van der Waals surface area contributed by atoms with E-state index in [9.17, 15) is 14.7 Å². The molecule has 1 aromatic rings. The van der Waals surface area contributed by atoms with Gasteiger partial charge in [-0.15, -0.1) is 12.4 Å². The zero-order chi connectivity index (χ0) is 15.5. The van der Waals surface area contributed by atoms with E-state index >= 15 is 0 Å². The predicted molar refractivity (Wildman–Crippen MR) is 89.1 cm³/mol. The number of halogens is 1. The van der Waals surface area contributed by atoms with Gasteiger partial charge in [-0.1, -0.05) is 0 Å². The van der Waals surface area contributed by atoms with E-state index in [-0.39, 0.29) is 30.3 Å². The highest BCUT2D eigenvalue weighted by atomic mass is 35.5. The molecule has 7 nitrogen and oxygen atoms in total. The van der Waals surface area contributed by atoms with Gasteiger partial charge in [0.05, 0.1) is 6.10 Å². The molecule has 4 N–H and O–H groups in total. The first-order valence-electron chi connectivity index (χ1n) is 7.47. The number of aliphatic hydroxyl groups is 1. The third-order valence-corrected chi connectivity index (χ3v) is 4.13. The second kappa shape index (κ2) is 7.63. The Morgan fingerprint density at radius 2 is 2.04 bits per heavy atom. The molecule has 2 fully saturated rings. The van der Waals surface area contributed by atoms with Crippen molar-refractivity contribution >= 4 is 30.0 Å². The lowest BCUT2D eigenvalue weighted by Crippen LogP contribution is -2.34. The highest BCUT2D eigenvalue weighted by molar-refractivity contribution is 5.97. The van der Waals surface area contributed by atoms with E-state index in [1.54, 1.807) is 29.2 Å². The number of nitrogens with zero attached hydrogens (tertiary/aromatic N) is 1. The van der Waals surface area contributed by atoms with Crippen LogP contribution >= 0.6 is 12.4 Å². The summed E-state index contributed by atoms with van der Waals surface area (Å²) in [6.07, 6.45) is -0.406. The van der Waals surface area contributed by atoms with Crippen molar-refractivity contribution in [1.29, 1.82) is 0 Å². The van der Waals surface area contributed by atoms with Crippen LogP contribution in [0.5, 0.6) is 0 Å². The van der Waals surface area contributed by atoms with Gasteiger partial charge in [-0.05, 0) is 24.3 Å². The number of hydrogen-bond donors (Lipinski definition) is 4. The molecule has 2 unspecified atom stereocenters. The van der Waals surface area contributed by atoms with E-state index in [4.69, 9.17) is 0 Å². The van der Waals surface area contributed by atoms with E-state index in [0.717, 1.165) is 5.69 Å². The summed E-state index contributed by atoms with van der Waals surface area (Å²) < 4.78 is 0. The number of carbonyl (C=O) groups excluding carboxylic acids is 2. The largest absolute Gasteiger partial charge is 0.391 e. The number of anilines is 1. The van der Waals surface area contributed by atoms with E-state index < -0.39 is 6.10 Å². The number of hydrogen-bond acceptors (Lipinski definition) is 4. The van der Waals surface area contributed by atoms with Crippen LogP contribution in [0.25, 0.3) is 0 Å². The van der Waals surface area contributed by atoms with Crippen molar-refractivity contribution in [2.24, 2.45) is 5.92 Å². The quantitative estimate of drug-likeness (QED) is 0.618. The molecule has 126 valence electrons. The van der Waals surface area contributed by atoms with Crippen LogP contribution in [0.4, 0.5) is 10.5 Å². The van der Waals surface area contributed by atoms with Crippen LogP contribution in [0.1, 0.15) is 10.4 Å². The third-order valence-electron chi connectivity index (χ3n) is 4.13. The minimum atomic E-state index is -0.406. The molecule has 8 heteroatoms. The molecular formula is C15H21ClN4O3. The summed E-state index contributed by atoms with van der Waals surface area (Å²) in [5.41, 5.74) is 1.32. The van der Waals surface area contributed by atoms with Crippen molar-refractivity contribution in [3.05, 3.63) is 29.8 Å². The van der Waals surface area contributed by atoms with Crippen LogP contribution in [-0.2, 0) is 0 Å². The number of benzene rings is 1. The summed E-state index contributed by atoms with van der Waals surface area (Å²) in [6.45, 7) is 3.01. The van der Waals surface area contributed by atoms with E-state index in [2.05, 4.69) is 16.0 Å². The lowest BCUT2D eigenvalue weighted by atomic mass is 10.1. The maximum atomic E-state index is 12.1. The number of rotatable bonds is 4. The van der Waals surface area contributed by atoms with Crippen molar-refractivity contribution in [2.45, 2.75) is 6.10 Å². The van der Waals surface area contributed by atoms with Crippen LogP contribution in [0, 0.1) is 5.92 Å². The number of β-amino-alcohol motifs (C(OH)–C–C–N with tert-alkyl or cyclic N) is 1. The third kappa shape index (κ3) is 3.93. The Balaban J connectivity index is 0.00000192. The molecule has 2 aliphatic rings. The van der Waals surface area contributed by atoms with E-state index in [1.165, 1.54) is 0 Å². The maximum absolute atomic E-state index is 12.1. The van der Waals surface area contributed by atoms with Crippen molar-refractivity contribution in [3.8, 4) is 0 Å². The molecule has 2 aliphatic heterocycles. The average molecular weight is 341 g/mol. The van der Waals surface area contributed by atoms with Crippen molar-refractivity contribution in [1.82, 2.24) is 16.0 Å². The summed E-state index contributed by atoms with van der Waals surface area (Å²) in [6, 6.07) is 6.84. The Bertz CT molecular complexity index is 566. The Hall–Kier alpha value is -1.83. The van der Waals surface area contributed by atoms with E-state index in [1.807, 2.05) is 0 Å². The van der Waals surface area contributed by atoms with Gasteiger partial charge in [0.2, 0.25) is 0 Å². The first-order valence-corrected chi connectivity index (χ1v) is 7.47. The molecule has 3 rings (SSSR count). The number of urea groups is 1. The summed E-state index contributed by atoms with van der Waals surface area (Å²) in [7, 11) is 0. The summed E-state index contributed by atoms with van der Waals surface area (Å²) in [5.74, 6) is -0.118. The molecular weight excluding hydrogens is 320 g/mol. The standard InChI is InChI=1S/C15H20N4O3.ClH/c20-13-9-16-7-11(13)8-18-14(21)10-1-3-12(4-2-10)19-6-5-17-15(19)22;/h1-4,11,13,16,20H,5-9H2,(H,17,22)(H,18,21);1H. The highest BCUT2D eigenvalue weighted by Crippen LogP contribution is 2.17. The van der Waals surface area contributed by atoms with Gasteiger partial charge in [-0.2, -0.15) is 0 Å². The molecule has 1 aromatic carbocycles. The summed E-state index contributed by atoms with van der Waals surface area (Å²) in [5, 5.41) is 18.4. The summed E-state index contributed by atoms with van der Waals surface area (Å²) in [4.78, 5) is 25.3. The first kappa shape index (κ1) is 17.5. The van der Waals surface area contributed by atoms with Crippen molar-refractivity contribution < 1.29 is 14.7 Å². The van der Waals surface area contributed by atoms with Crippen LogP contribution in [0.15, 0.2) is 24.3 Å². The zero-order valence-corrected chi connectivity index (χ0v) is 13.4. The topological polar surface area (TPSA) is 93.7 Å². The minimum absolute atomic E-state index is 0. The Morgan fingerprint density at radius 3 is 2.61 bits per heavy atom. The lowest BCUT2D eigenvalue weighted by molar-refractivity contribution is 0.0927. The zero-order valence-electron chi connectivity index (χ0n) is 12.6. The Labute approximate surface area is 140 Å². The van der Waals surface area contributed by atoms with Crippen LogP contribution < -0.4 is 20.9 Å². The molecule has 0 aromatic heterocycles. The maximum Gasteiger partial charge on any atom is 0.321 e. The first-order chi connectivity index (χ1) is 10.6. The van der Waals surface area contributed by atoms with Gasteiger partial charge in [0.1, 0.15) is 0 Å². The van der Waals surface area contributed by atoms with E-state index in [0.29, 0.717) is 38.3 Å². The molecule has 0 spiro atoms. The number of carbonyl (C=O) groups is 2.